The maximum absolute atomic E-state index is 5.58. The van der Waals surface area contributed by atoms with Gasteiger partial charge >= 0.3 is 0 Å². The second kappa shape index (κ2) is 10.2. The van der Waals surface area contributed by atoms with E-state index in [-0.39, 0.29) is 5.41 Å². The summed E-state index contributed by atoms with van der Waals surface area (Å²) in [7, 11) is 3.66. The molecular weight excluding hydrogens is 442 g/mol. The highest BCUT2D eigenvalue weighted by Gasteiger charge is 2.42. The Labute approximate surface area is 206 Å². The van der Waals surface area contributed by atoms with Gasteiger partial charge in [0.15, 0.2) is 0 Å². The fourth-order valence-corrected chi connectivity index (χ4v) is 4.81. The third-order valence-electron chi connectivity index (χ3n) is 6.57. The van der Waals surface area contributed by atoms with Crippen molar-refractivity contribution < 1.29 is 9.47 Å². The highest BCUT2D eigenvalue weighted by atomic mass is 16.5. The summed E-state index contributed by atoms with van der Waals surface area (Å²) in [4.78, 5) is 19.0. The number of ether oxygens (including phenoxy) is 2. The van der Waals surface area contributed by atoms with Gasteiger partial charge in [-0.1, -0.05) is 13.0 Å². The predicted octanol–water partition coefficient (Wildman–Crippen LogP) is 3.23. The van der Waals surface area contributed by atoms with Crippen LogP contribution in [0.25, 0.3) is 0 Å². The predicted molar refractivity (Wildman–Crippen MR) is 138 cm³/mol. The van der Waals surface area contributed by atoms with E-state index >= 15 is 0 Å². The van der Waals surface area contributed by atoms with Crippen LogP contribution in [0.3, 0.4) is 0 Å². The number of fused-ring (bicyclic) bond motifs is 1. The van der Waals surface area contributed by atoms with Crippen LogP contribution < -0.4 is 20.4 Å². The van der Waals surface area contributed by atoms with E-state index < -0.39 is 0 Å². The van der Waals surface area contributed by atoms with Crippen LogP contribution in [0.4, 0.5) is 29.0 Å². The highest BCUT2D eigenvalue weighted by Crippen LogP contribution is 2.43. The molecule has 1 fully saturated rings. The fourth-order valence-electron chi connectivity index (χ4n) is 4.81. The minimum absolute atomic E-state index is 0.233. The van der Waals surface area contributed by atoms with Gasteiger partial charge in [-0.25, -0.2) is 9.97 Å². The summed E-state index contributed by atoms with van der Waals surface area (Å²) in [6, 6.07) is 14.5. The maximum Gasteiger partial charge on any atom is 0.229 e. The Balaban J connectivity index is 1.42. The number of hydrogen-bond donors (Lipinski definition) is 2. The number of nitrogens with zero attached hydrogens (tertiary/aromatic N) is 5. The van der Waals surface area contributed by atoms with E-state index in [0.717, 1.165) is 61.4 Å². The molecule has 0 spiro atoms. The molecule has 1 unspecified atom stereocenters. The molecule has 1 aromatic carbocycles. The molecule has 0 amide bonds. The molecule has 35 heavy (non-hydrogen) atoms. The number of anilines is 5. The number of hydrogen-bond acceptors (Lipinski definition) is 9. The largest absolute Gasteiger partial charge is 0.384 e. The zero-order valence-corrected chi connectivity index (χ0v) is 20.6. The molecule has 2 aliphatic heterocycles. The van der Waals surface area contributed by atoms with Gasteiger partial charge in [0.1, 0.15) is 11.6 Å². The van der Waals surface area contributed by atoms with E-state index in [1.165, 1.54) is 5.69 Å². The lowest BCUT2D eigenvalue weighted by Gasteiger charge is -2.28. The Morgan fingerprint density at radius 3 is 2.63 bits per heavy atom. The van der Waals surface area contributed by atoms with Crippen LogP contribution in [0.5, 0.6) is 0 Å². The molecule has 9 nitrogen and oxygen atoms in total. The molecule has 0 bridgehead atoms. The third kappa shape index (κ3) is 4.93. The smallest absolute Gasteiger partial charge is 0.229 e. The lowest BCUT2D eigenvalue weighted by Crippen LogP contribution is -2.36. The van der Waals surface area contributed by atoms with Crippen molar-refractivity contribution in [2.24, 2.45) is 0 Å². The van der Waals surface area contributed by atoms with Crippen molar-refractivity contribution in [2.75, 3.05) is 68.7 Å². The Kier molecular flexibility index (Phi) is 6.81. The summed E-state index contributed by atoms with van der Waals surface area (Å²) in [5.74, 6) is 2.29. The van der Waals surface area contributed by atoms with Gasteiger partial charge in [-0.05, 0) is 43.4 Å². The molecule has 2 aromatic heterocycles. The number of nitrogens with one attached hydrogen (secondary N) is 2. The van der Waals surface area contributed by atoms with Crippen LogP contribution in [-0.4, -0.2) is 68.6 Å². The molecule has 1 saturated heterocycles. The van der Waals surface area contributed by atoms with Crippen LogP contribution >= 0.6 is 0 Å². The quantitative estimate of drug-likeness (QED) is 0.510. The zero-order valence-electron chi connectivity index (χ0n) is 20.6. The number of methoxy groups -OCH3 is 1. The van der Waals surface area contributed by atoms with Gasteiger partial charge in [0.2, 0.25) is 5.95 Å². The SMILES string of the molecule is CNCc1cccc(N2CC(C)(COC)c3cnc(Nc4ccc(N5CCOCC5)cc4)nc32)n1. The summed E-state index contributed by atoms with van der Waals surface area (Å²) in [6.07, 6.45) is 1.92. The van der Waals surface area contributed by atoms with E-state index in [1.54, 1.807) is 7.11 Å². The van der Waals surface area contributed by atoms with Gasteiger partial charge in [0, 0.05) is 61.8 Å². The van der Waals surface area contributed by atoms with Crippen molar-refractivity contribution in [3.05, 3.63) is 59.9 Å². The normalized spacial score (nSPS) is 19.6. The molecule has 184 valence electrons. The minimum atomic E-state index is -0.233. The summed E-state index contributed by atoms with van der Waals surface area (Å²) in [5.41, 5.74) is 3.96. The number of benzene rings is 1. The van der Waals surface area contributed by atoms with Crippen LogP contribution in [0, 0.1) is 0 Å². The lowest BCUT2D eigenvalue weighted by atomic mass is 9.87. The number of rotatable bonds is 8. The first kappa shape index (κ1) is 23.5. The van der Waals surface area contributed by atoms with Gasteiger partial charge < -0.3 is 29.9 Å². The second-order valence-corrected chi connectivity index (χ2v) is 9.30. The molecule has 9 heteroatoms. The van der Waals surface area contributed by atoms with Crippen molar-refractivity contribution in [3.8, 4) is 0 Å². The second-order valence-electron chi connectivity index (χ2n) is 9.30. The van der Waals surface area contributed by atoms with E-state index in [1.807, 2.05) is 31.4 Å². The van der Waals surface area contributed by atoms with Crippen LogP contribution in [0.1, 0.15) is 18.2 Å². The molecule has 4 heterocycles. The van der Waals surface area contributed by atoms with Crippen LogP contribution in [-0.2, 0) is 21.4 Å². The standard InChI is InChI=1S/C26H33N7O2/c1-26(18-34-3)17-33(23-6-4-5-20(29-23)15-27-2)24-22(26)16-28-25(31-24)30-19-7-9-21(10-8-19)32-11-13-35-14-12-32/h4-10,16,27H,11-15,17-18H2,1-3H3,(H,28,30,31). The molecule has 0 saturated carbocycles. The zero-order chi connectivity index (χ0) is 24.3. The topological polar surface area (TPSA) is 87.7 Å². The Morgan fingerprint density at radius 2 is 1.89 bits per heavy atom. The first-order valence-electron chi connectivity index (χ1n) is 12.0. The molecule has 2 aliphatic rings. The van der Waals surface area contributed by atoms with Crippen molar-refractivity contribution in [1.29, 1.82) is 0 Å². The molecule has 5 rings (SSSR count). The summed E-state index contributed by atoms with van der Waals surface area (Å²) >= 11 is 0. The van der Waals surface area contributed by atoms with Gasteiger partial charge in [-0.2, -0.15) is 4.98 Å². The molecular formula is C26H33N7O2. The first-order chi connectivity index (χ1) is 17.1. The number of aromatic nitrogens is 3. The minimum Gasteiger partial charge on any atom is -0.384 e. The van der Waals surface area contributed by atoms with Gasteiger partial charge in [0.05, 0.1) is 25.5 Å². The van der Waals surface area contributed by atoms with Gasteiger partial charge in [-0.15, -0.1) is 0 Å². The molecule has 0 aliphatic carbocycles. The van der Waals surface area contributed by atoms with Crippen molar-refractivity contribution >= 4 is 29.0 Å². The van der Waals surface area contributed by atoms with Gasteiger partial charge in [-0.3, -0.25) is 0 Å². The van der Waals surface area contributed by atoms with Crippen LogP contribution in [0.2, 0.25) is 0 Å². The number of morpholine rings is 1. The summed E-state index contributed by atoms with van der Waals surface area (Å²) in [6.45, 7) is 7.57. The molecule has 2 N–H and O–H groups in total. The van der Waals surface area contributed by atoms with Crippen molar-refractivity contribution in [2.45, 2.75) is 18.9 Å². The summed E-state index contributed by atoms with van der Waals surface area (Å²) in [5, 5.41) is 6.55. The molecule has 0 radical (unpaired) electrons. The van der Waals surface area contributed by atoms with Crippen LogP contribution in [0.15, 0.2) is 48.7 Å². The lowest BCUT2D eigenvalue weighted by molar-refractivity contribution is 0.122. The molecule has 3 aromatic rings. The molecule has 1 atom stereocenters. The van der Waals surface area contributed by atoms with E-state index in [2.05, 4.69) is 56.6 Å². The van der Waals surface area contributed by atoms with E-state index in [9.17, 15) is 0 Å². The Hall–Kier alpha value is -3.27. The average Bonchev–Trinajstić information content (AvgIpc) is 3.17. The Morgan fingerprint density at radius 1 is 1.09 bits per heavy atom. The summed E-state index contributed by atoms with van der Waals surface area (Å²) < 4.78 is 11.0. The number of pyridine rings is 1. The van der Waals surface area contributed by atoms with Crippen molar-refractivity contribution in [1.82, 2.24) is 20.3 Å². The Bertz CT molecular complexity index is 1150. The maximum atomic E-state index is 5.58. The monoisotopic (exact) mass is 475 g/mol. The average molecular weight is 476 g/mol. The van der Waals surface area contributed by atoms with Gasteiger partial charge in [0.25, 0.3) is 0 Å². The fraction of sp³-hybridized carbons (Fsp3) is 0.423. The van der Waals surface area contributed by atoms with E-state index in [4.69, 9.17) is 19.4 Å². The van der Waals surface area contributed by atoms with E-state index in [0.29, 0.717) is 19.1 Å². The van der Waals surface area contributed by atoms with Crippen molar-refractivity contribution in [3.63, 3.8) is 0 Å². The highest BCUT2D eigenvalue weighted by molar-refractivity contribution is 5.69. The first-order valence-corrected chi connectivity index (χ1v) is 12.0. The third-order valence-corrected chi connectivity index (χ3v) is 6.57.